The van der Waals surface area contributed by atoms with Gasteiger partial charge in [-0.05, 0) is 37.1 Å². The highest BCUT2D eigenvalue weighted by molar-refractivity contribution is 5.37. The minimum atomic E-state index is 0.505. The van der Waals surface area contributed by atoms with Crippen LogP contribution in [0.3, 0.4) is 0 Å². The third-order valence-corrected chi connectivity index (χ3v) is 4.22. The molecule has 1 aromatic heterocycles. The molecule has 4 heteroatoms. The maximum atomic E-state index is 9.24. The number of nitrogens with zero attached hydrogens (tertiary/aromatic N) is 4. The van der Waals surface area contributed by atoms with E-state index in [4.69, 9.17) is 0 Å². The molecule has 0 bridgehead atoms. The molecule has 4 nitrogen and oxygen atoms in total. The van der Waals surface area contributed by atoms with E-state index < -0.39 is 0 Å². The summed E-state index contributed by atoms with van der Waals surface area (Å²) in [5, 5.41) is 13.6. The van der Waals surface area contributed by atoms with E-state index in [-0.39, 0.29) is 0 Å². The van der Waals surface area contributed by atoms with Crippen molar-refractivity contribution < 1.29 is 0 Å². The Balaban J connectivity index is 1.74. The lowest BCUT2D eigenvalue weighted by Crippen LogP contribution is -2.41. The fraction of sp³-hybridized carbons (Fsp3) is 0.412. The lowest BCUT2D eigenvalue weighted by Gasteiger charge is -2.35. The molecule has 1 saturated heterocycles. The molecule has 1 fully saturated rings. The Hall–Kier alpha value is -2.12. The van der Waals surface area contributed by atoms with E-state index in [0.717, 1.165) is 30.8 Å². The van der Waals surface area contributed by atoms with Crippen LogP contribution < -0.4 is 0 Å². The standard InChI is InChI=1S/C17H20N4/c18-12-15-6-1-2-7-16(15)13-20-10-4-3-8-17(20)14-21-11-5-9-19-21/h1-2,5-7,9,11,17H,3-4,8,10,13-14H2/t17-/m1/s1. The topological polar surface area (TPSA) is 44.9 Å². The predicted octanol–water partition coefficient (Wildman–Crippen LogP) is 2.81. The van der Waals surface area contributed by atoms with Crippen molar-refractivity contribution in [1.82, 2.24) is 14.7 Å². The molecule has 0 N–H and O–H groups in total. The van der Waals surface area contributed by atoms with Crippen molar-refractivity contribution in [1.29, 1.82) is 5.26 Å². The van der Waals surface area contributed by atoms with Gasteiger partial charge in [-0.1, -0.05) is 24.6 Å². The molecule has 3 rings (SSSR count). The Labute approximate surface area is 125 Å². The molecule has 0 unspecified atom stereocenters. The Kier molecular flexibility index (Phi) is 4.32. The van der Waals surface area contributed by atoms with Crippen LogP contribution in [0.15, 0.2) is 42.7 Å². The van der Waals surface area contributed by atoms with Crippen LogP contribution >= 0.6 is 0 Å². The lowest BCUT2D eigenvalue weighted by atomic mass is 10.00. The lowest BCUT2D eigenvalue weighted by molar-refractivity contribution is 0.122. The second-order valence-corrected chi connectivity index (χ2v) is 5.62. The first-order valence-corrected chi connectivity index (χ1v) is 7.56. The van der Waals surface area contributed by atoms with E-state index in [1.807, 2.05) is 41.3 Å². The molecule has 21 heavy (non-hydrogen) atoms. The summed E-state index contributed by atoms with van der Waals surface area (Å²) < 4.78 is 2.01. The minimum Gasteiger partial charge on any atom is -0.294 e. The molecule has 1 atom stereocenters. The number of likely N-dealkylation sites (tertiary alicyclic amines) is 1. The van der Waals surface area contributed by atoms with Gasteiger partial charge in [0.2, 0.25) is 0 Å². The Bertz CT molecular complexity index is 612. The Morgan fingerprint density at radius 3 is 2.95 bits per heavy atom. The van der Waals surface area contributed by atoms with Gasteiger partial charge in [-0.25, -0.2) is 0 Å². The summed E-state index contributed by atoms with van der Waals surface area (Å²) in [6.07, 6.45) is 7.58. The van der Waals surface area contributed by atoms with Gasteiger partial charge in [0.25, 0.3) is 0 Å². The Morgan fingerprint density at radius 2 is 2.14 bits per heavy atom. The van der Waals surface area contributed by atoms with E-state index in [9.17, 15) is 5.26 Å². The zero-order chi connectivity index (χ0) is 14.5. The second-order valence-electron chi connectivity index (χ2n) is 5.62. The molecule has 1 aromatic carbocycles. The third-order valence-electron chi connectivity index (χ3n) is 4.22. The van der Waals surface area contributed by atoms with Gasteiger partial charge in [0, 0.05) is 25.0 Å². The smallest absolute Gasteiger partial charge is 0.0995 e. The SMILES string of the molecule is N#Cc1ccccc1CN1CCCC[C@@H]1Cn1cccn1. The first kappa shape index (κ1) is 13.8. The van der Waals surface area contributed by atoms with Gasteiger partial charge in [0.05, 0.1) is 18.2 Å². The fourth-order valence-corrected chi connectivity index (χ4v) is 3.09. The summed E-state index contributed by atoms with van der Waals surface area (Å²) in [5.41, 5.74) is 1.92. The highest BCUT2D eigenvalue weighted by Gasteiger charge is 2.23. The van der Waals surface area contributed by atoms with Crippen molar-refractivity contribution in [3.8, 4) is 6.07 Å². The van der Waals surface area contributed by atoms with Crippen LogP contribution in [0, 0.1) is 11.3 Å². The number of piperidine rings is 1. The van der Waals surface area contributed by atoms with Gasteiger partial charge >= 0.3 is 0 Å². The van der Waals surface area contributed by atoms with Crippen LogP contribution in [-0.4, -0.2) is 27.3 Å². The quantitative estimate of drug-likeness (QED) is 0.865. The molecule has 0 saturated carbocycles. The summed E-state index contributed by atoms with van der Waals surface area (Å²) in [6.45, 7) is 2.89. The molecule has 1 aliphatic rings. The first-order valence-electron chi connectivity index (χ1n) is 7.56. The highest BCUT2D eigenvalue weighted by Crippen LogP contribution is 2.22. The van der Waals surface area contributed by atoms with Crippen molar-refractivity contribution in [2.45, 2.75) is 38.4 Å². The van der Waals surface area contributed by atoms with Crippen LogP contribution in [0.1, 0.15) is 30.4 Å². The number of nitriles is 1. The van der Waals surface area contributed by atoms with E-state index in [2.05, 4.69) is 22.1 Å². The molecule has 0 amide bonds. The molecule has 108 valence electrons. The molecule has 0 radical (unpaired) electrons. The summed E-state index contributed by atoms with van der Waals surface area (Å²) >= 11 is 0. The number of hydrogen-bond acceptors (Lipinski definition) is 3. The van der Waals surface area contributed by atoms with E-state index in [1.54, 1.807) is 0 Å². The monoisotopic (exact) mass is 280 g/mol. The maximum absolute atomic E-state index is 9.24. The summed E-state index contributed by atoms with van der Waals surface area (Å²) in [5.74, 6) is 0. The van der Waals surface area contributed by atoms with Crippen LogP contribution in [0.25, 0.3) is 0 Å². The van der Waals surface area contributed by atoms with Gasteiger partial charge < -0.3 is 0 Å². The van der Waals surface area contributed by atoms with Gasteiger partial charge in [0.1, 0.15) is 0 Å². The van der Waals surface area contributed by atoms with Gasteiger partial charge in [-0.2, -0.15) is 10.4 Å². The molecule has 0 spiro atoms. The molecule has 2 heterocycles. The van der Waals surface area contributed by atoms with Gasteiger partial charge in [0.15, 0.2) is 0 Å². The van der Waals surface area contributed by atoms with Crippen LogP contribution in [0.2, 0.25) is 0 Å². The Morgan fingerprint density at radius 1 is 1.24 bits per heavy atom. The minimum absolute atomic E-state index is 0.505. The van der Waals surface area contributed by atoms with E-state index >= 15 is 0 Å². The number of aromatic nitrogens is 2. The maximum Gasteiger partial charge on any atom is 0.0995 e. The largest absolute Gasteiger partial charge is 0.294 e. The van der Waals surface area contributed by atoms with Crippen molar-refractivity contribution in [3.63, 3.8) is 0 Å². The summed E-state index contributed by atoms with van der Waals surface area (Å²) in [6, 6.07) is 12.7. The number of hydrogen-bond donors (Lipinski definition) is 0. The van der Waals surface area contributed by atoms with Crippen molar-refractivity contribution >= 4 is 0 Å². The summed E-state index contributed by atoms with van der Waals surface area (Å²) in [7, 11) is 0. The zero-order valence-electron chi connectivity index (χ0n) is 12.2. The van der Waals surface area contributed by atoms with E-state index in [1.165, 1.54) is 19.3 Å². The van der Waals surface area contributed by atoms with Gasteiger partial charge in [-0.15, -0.1) is 0 Å². The second kappa shape index (κ2) is 6.55. The van der Waals surface area contributed by atoms with Crippen molar-refractivity contribution in [2.24, 2.45) is 0 Å². The van der Waals surface area contributed by atoms with Crippen LogP contribution in [-0.2, 0) is 13.1 Å². The van der Waals surface area contributed by atoms with Crippen molar-refractivity contribution in [2.75, 3.05) is 6.54 Å². The molecular weight excluding hydrogens is 260 g/mol. The van der Waals surface area contributed by atoms with E-state index in [0.29, 0.717) is 6.04 Å². The average molecular weight is 280 g/mol. The molecule has 0 aliphatic carbocycles. The average Bonchev–Trinajstić information content (AvgIpc) is 3.03. The summed E-state index contributed by atoms with van der Waals surface area (Å²) in [4.78, 5) is 2.50. The molecular formula is C17H20N4. The van der Waals surface area contributed by atoms with Crippen LogP contribution in [0.5, 0.6) is 0 Å². The van der Waals surface area contributed by atoms with Gasteiger partial charge in [-0.3, -0.25) is 9.58 Å². The first-order chi connectivity index (χ1) is 10.4. The van der Waals surface area contributed by atoms with Crippen molar-refractivity contribution in [3.05, 3.63) is 53.9 Å². The molecule has 1 aliphatic heterocycles. The fourth-order valence-electron chi connectivity index (χ4n) is 3.09. The molecule has 2 aromatic rings. The number of benzene rings is 1. The zero-order valence-corrected chi connectivity index (χ0v) is 12.2. The van der Waals surface area contributed by atoms with Crippen LogP contribution in [0.4, 0.5) is 0 Å². The normalized spacial score (nSPS) is 19.3. The number of rotatable bonds is 4. The third kappa shape index (κ3) is 3.32. The highest BCUT2D eigenvalue weighted by atomic mass is 15.3. The predicted molar refractivity (Wildman–Crippen MR) is 81.4 cm³/mol.